The van der Waals surface area contributed by atoms with Crippen molar-refractivity contribution in [1.29, 1.82) is 0 Å². The van der Waals surface area contributed by atoms with Crippen LogP contribution in [0.5, 0.6) is 0 Å². The van der Waals surface area contributed by atoms with Gasteiger partial charge in [0.25, 0.3) is 5.91 Å². The number of hydrogen-bond acceptors (Lipinski definition) is 7. The van der Waals surface area contributed by atoms with E-state index in [0.29, 0.717) is 5.82 Å². The Kier molecular flexibility index (Phi) is 4.56. The zero-order valence-corrected chi connectivity index (χ0v) is 10.9. The minimum atomic E-state index is -3.14. The topological polar surface area (TPSA) is 127 Å². The first-order valence-electron chi connectivity index (χ1n) is 5.09. The molecule has 9 heteroatoms. The molecule has 4 N–H and O–H groups in total. The summed E-state index contributed by atoms with van der Waals surface area (Å²) in [5.74, 6) is 4.82. The van der Waals surface area contributed by atoms with Crippen LogP contribution < -0.4 is 16.6 Å². The van der Waals surface area contributed by atoms with E-state index in [1.54, 1.807) is 6.92 Å². The highest BCUT2D eigenvalue weighted by Gasteiger charge is 2.15. The van der Waals surface area contributed by atoms with Crippen molar-refractivity contribution in [3.8, 4) is 0 Å². The molecule has 0 aliphatic rings. The van der Waals surface area contributed by atoms with E-state index in [1.807, 2.05) is 0 Å². The third-order valence-corrected chi connectivity index (χ3v) is 3.07. The van der Waals surface area contributed by atoms with Gasteiger partial charge in [0.15, 0.2) is 5.82 Å². The number of amides is 1. The molecule has 0 aliphatic heterocycles. The fourth-order valence-corrected chi connectivity index (χ4v) is 2.30. The Balaban J connectivity index is 2.64. The third-order valence-electron chi connectivity index (χ3n) is 1.96. The second-order valence-corrected chi connectivity index (χ2v) is 6.08. The number of nitrogen functional groups attached to an aromatic ring is 1. The van der Waals surface area contributed by atoms with Crippen LogP contribution in [0, 0.1) is 0 Å². The van der Waals surface area contributed by atoms with Gasteiger partial charge >= 0.3 is 0 Å². The van der Waals surface area contributed by atoms with Crippen LogP contribution in [0.25, 0.3) is 0 Å². The van der Waals surface area contributed by atoms with Crippen LogP contribution >= 0.6 is 0 Å². The molecule has 0 aromatic carbocycles. The molecule has 1 aromatic heterocycles. The monoisotopic (exact) mass is 273 g/mol. The number of anilines is 1. The molecule has 0 bridgehead atoms. The first-order chi connectivity index (χ1) is 8.31. The summed E-state index contributed by atoms with van der Waals surface area (Å²) >= 11 is 0. The molecule has 1 atom stereocenters. The van der Waals surface area contributed by atoms with Crippen molar-refractivity contribution in [3.63, 3.8) is 0 Å². The normalized spacial score (nSPS) is 12.8. The molecule has 8 nitrogen and oxygen atoms in total. The highest BCUT2D eigenvalue weighted by Crippen LogP contribution is 2.00. The lowest BCUT2D eigenvalue weighted by Crippen LogP contribution is -2.37. The maximum atomic E-state index is 11.7. The van der Waals surface area contributed by atoms with E-state index < -0.39 is 21.8 Å². The molecule has 1 amide bonds. The highest BCUT2D eigenvalue weighted by molar-refractivity contribution is 7.90. The average Bonchev–Trinajstić information content (AvgIpc) is 2.26. The number of nitrogens with two attached hydrogens (primary N) is 1. The van der Waals surface area contributed by atoms with Crippen molar-refractivity contribution >= 4 is 21.6 Å². The standard InChI is InChI=1S/C9H15N5O3S/c1-6(5-18(2,16)17)13-9(15)7-3-12-8(14-10)4-11-7/h3-4,6H,5,10H2,1-2H3,(H,12,14)(H,13,15). The van der Waals surface area contributed by atoms with Gasteiger partial charge in [0.1, 0.15) is 15.5 Å². The SMILES string of the molecule is CC(CS(C)(=O)=O)NC(=O)c1cnc(NN)cn1. The summed E-state index contributed by atoms with van der Waals surface area (Å²) in [6, 6.07) is -0.499. The maximum Gasteiger partial charge on any atom is 0.271 e. The Hall–Kier alpha value is -1.74. The van der Waals surface area contributed by atoms with Gasteiger partial charge in [0.05, 0.1) is 18.1 Å². The number of nitrogens with one attached hydrogen (secondary N) is 2. The van der Waals surface area contributed by atoms with E-state index in [9.17, 15) is 13.2 Å². The largest absolute Gasteiger partial charge is 0.347 e. The number of rotatable bonds is 5. The lowest BCUT2D eigenvalue weighted by atomic mass is 10.3. The van der Waals surface area contributed by atoms with E-state index in [4.69, 9.17) is 5.84 Å². The molecule has 0 fully saturated rings. The third kappa shape index (κ3) is 4.63. The molecular formula is C9H15N5O3S. The number of carbonyl (C=O) groups is 1. The van der Waals surface area contributed by atoms with Gasteiger partial charge in [0, 0.05) is 12.3 Å². The number of sulfone groups is 1. The fourth-order valence-electron chi connectivity index (χ4n) is 1.31. The molecular weight excluding hydrogens is 258 g/mol. The van der Waals surface area contributed by atoms with Crippen LogP contribution in [0.1, 0.15) is 17.4 Å². The van der Waals surface area contributed by atoms with Gasteiger partial charge in [-0.3, -0.25) is 4.79 Å². The van der Waals surface area contributed by atoms with Crippen molar-refractivity contribution in [1.82, 2.24) is 15.3 Å². The first kappa shape index (κ1) is 14.3. The van der Waals surface area contributed by atoms with E-state index in [-0.39, 0.29) is 11.4 Å². The Morgan fingerprint density at radius 3 is 2.56 bits per heavy atom. The zero-order chi connectivity index (χ0) is 13.8. The zero-order valence-electron chi connectivity index (χ0n) is 10.0. The summed E-state index contributed by atoms with van der Waals surface area (Å²) in [6.07, 6.45) is 3.66. The predicted molar refractivity (Wildman–Crippen MR) is 66.5 cm³/mol. The van der Waals surface area contributed by atoms with Crippen LogP contribution in [0.4, 0.5) is 5.82 Å². The van der Waals surface area contributed by atoms with Gasteiger partial charge in [-0.05, 0) is 6.92 Å². The molecule has 18 heavy (non-hydrogen) atoms. The summed E-state index contributed by atoms with van der Waals surface area (Å²) in [5.41, 5.74) is 2.37. The van der Waals surface area contributed by atoms with Gasteiger partial charge < -0.3 is 10.7 Å². The minimum absolute atomic E-state index is 0.0920. The molecule has 0 saturated carbocycles. The smallest absolute Gasteiger partial charge is 0.271 e. The second kappa shape index (κ2) is 5.74. The number of nitrogens with zero attached hydrogens (tertiary/aromatic N) is 2. The van der Waals surface area contributed by atoms with Crippen molar-refractivity contribution < 1.29 is 13.2 Å². The number of hydrogen-bond donors (Lipinski definition) is 3. The van der Waals surface area contributed by atoms with Gasteiger partial charge in [-0.25, -0.2) is 24.2 Å². The Labute approximate surface area is 105 Å². The molecule has 0 saturated heterocycles. The summed E-state index contributed by atoms with van der Waals surface area (Å²) in [4.78, 5) is 19.3. The first-order valence-corrected chi connectivity index (χ1v) is 7.15. The predicted octanol–water partition coefficient (Wildman–Crippen LogP) is -1.07. The summed E-state index contributed by atoms with van der Waals surface area (Å²) < 4.78 is 22.1. The molecule has 1 rings (SSSR count). The molecule has 0 spiro atoms. The Morgan fingerprint density at radius 1 is 1.44 bits per heavy atom. The van der Waals surface area contributed by atoms with Crippen molar-refractivity contribution in [2.24, 2.45) is 5.84 Å². The van der Waals surface area contributed by atoms with Crippen LogP contribution in [0.15, 0.2) is 12.4 Å². The van der Waals surface area contributed by atoms with Crippen LogP contribution in [0.2, 0.25) is 0 Å². The molecule has 1 aromatic rings. The van der Waals surface area contributed by atoms with Gasteiger partial charge in [-0.15, -0.1) is 0 Å². The lowest BCUT2D eigenvalue weighted by Gasteiger charge is -2.12. The van der Waals surface area contributed by atoms with Gasteiger partial charge in [-0.2, -0.15) is 0 Å². The summed E-state index contributed by atoms with van der Waals surface area (Å²) in [7, 11) is -3.14. The molecule has 0 aliphatic carbocycles. The van der Waals surface area contributed by atoms with Crippen LogP contribution in [-0.4, -0.2) is 42.3 Å². The molecule has 1 heterocycles. The van der Waals surface area contributed by atoms with Gasteiger partial charge in [-0.1, -0.05) is 0 Å². The minimum Gasteiger partial charge on any atom is -0.347 e. The molecule has 100 valence electrons. The molecule has 0 radical (unpaired) electrons. The Morgan fingerprint density at radius 2 is 2.11 bits per heavy atom. The fraction of sp³-hybridized carbons (Fsp3) is 0.444. The van der Waals surface area contributed by atoms with Crippen LogP contribution in [0.3, 0.4) is 0 Å². The van der Waals surface area contributed by atoms with E-state index in [2.05, 4.69) is 20.7 Å². The van der Waals surface area contributed by atoms with E-state index in [1.165, 1.54) is 12.4 Å². The van der Waals surface area contributed by atoms with Crippen LogP contribution in [-0.2, 0) is 9.84 Å². The Bertz CT molecular complexity index is 514. The number of aromatic nitrogens is 2. The highest BCUT2D eigenvalue weighted by atomic mass is 32.2. The van der Waals surface area contributed by atoms with E-state index in [0.717, 1.165) is 6.26 Å². The summed E-state index contributed by atoms with van der Waals surface area (Å²) in [5, 5.41) is 2.52. The van der Waals surface area contributed by atoms with Crippen molar-refractivity contribution in [3.05, 3.63) is 18.1 Å². The average molecular weight is 273 g/mol. The van der Waals surface area contributed by atoms with Crippen molar-refractivity contribution in [2.45, 2.75) is 13.0 Å². The van der Waals surface area contributed by atoms with Gasteiger partial charge in [0.2, 0.25) is 0 Å². The lowest BCUT2D eigenvalue weighted by molar-refractivity contribution is 0.0938. The maximum absolute atomic E-state index is 11.7. The number of carbonyl (C=O) groups excluding carboxylic acids is 1. The summed E-state index contributed by atoms with van der Waals surface area (Å²) in [6.45, 7) is 1.60. The van der Waals surface area contributed by atoms with E-state index >= 15 is 0 Å². The quantitative estimate of drug-likeness (QED) is 0.460. The van der Waals surface area contributed by atoms with Crippen molar-refractivity contribution in [2.75, 3.05) is 17.4 Å². The molecule has 1 unspecified atom stereocenters. The second-order valence-electron chi connectivity index (χ2n) is 3.90. The number of hydrazine groups is 1.